The summed E-state index contributed by atoms with van der Waals surface area (Å²) in [4.78, 5) is 10.3. The van der Waals surface area contributed by atoms with Crippen LogP contribution in [-0.2, 0) is 9.53 Å². The van der Waals surface area contributed by atoms with E-state index >= 15 is 0 Å². The van der Waals surface area contributed by atoms with Crippen molar-refractivity contribution < 1.29 is 9.53 Å². The molecule has 140 valence electrons. The molecule has 1 spiro atoms. The van der Waals surface area contributed by atoms with Crippen molar-refractivity contribution in [2.24, 2.45) is 16.2 Å². The quantitative estimate of drug-likeness (QED) is 0.524. The van der Waals surface area contributed by atoms with Gasteiger partial charge in [-0.3, -0.25) is 4.79 Å². The molecule has 24 heavy (non-hydrogen) atoms. The van der Waals surface area contributed by atoms with Crippen LogP contribution in [0.25, 0.3) is 0 Å². The van der Waals surface area contributed by atoms with Crippen molar-refractivity contribution in [2.75, 3.05) is 0 Å². The summed E-state index contributed by atoms with van der Waals surface area (Å²) >= 11 is 0. The number of hydrogen-bond donors (Lipinski definition) is 0. The first kappa shape index (κ1) is 19.8. The van der Waals surface area contributed by atoms with Gasteiger partial charge in [-0.1, -0.05) is 59.8 Å². The van der Waals surface area contributed by atoms with Gasteiger partial charge in [0.25, 0.3) is 6.47 Å². The molecule has 3 aliphatic rings. The molecule has 0 saturated heterocycles. The lowest BCUT2D eigenvalue weighted by Gasteiger charge is -2.43. The smallest absolute Gasteiger partial charge is 0.293 e. The van der Waals surface area contributed by atoms with Crippen molar-refractivity contribution in [3.63, 3.8) is 0 Å². The van der Waals surface area contributed by atoms with E-state index in [4.69, 9.17) is 4.74 Å². The van der Waals surface area contributed by atoms with E-state index in [9.17, 15) is 4.79 Å². The van der Waals surface area contributed by atoms with Crippen molar-refractivity contribution in [2.45, 2.75) is 117 Å². The third-order valence-electron chi connectivity index (χ3n) is 7.48. The van der Waals surface area contributed by atoms with Gasteiger partial charge in [0.15, 0.2) is 0 Å². The Balaban J connectivity index is 0.000000185. The molecule has 0 bridgehead atoms. The summed E-state index contributed by atoms with van der Waals surface area (Å²) in [6, 6.07) is 0. The van der Waals surface area contributed by atoms with E-state index in [-0.39, 0.29) is 6.10 Å². The number of rotatable bonds is 5. The van der Waals surface area contributed by atoms with Gasteiger partial charge in [-0.05, 0) is 67.6 Å². The standard InChI is InChI=1S/C12H20O2.C10H20/c13-10-14-11-5-4-8-12(9-11)6-2-1-3-7-12;1-5-6-7-10(4)8-9(10,2)3/h10-11H,1-9H2;5-8H2,1-4H3. The monoisotopic (exact) mass is 336 g/mol. The first-order chi connectivity index (χ1) is 11.4. The highest BCUT2D eigenvalue weighted by Gasteiger charge is 2.56. The Labute approximate surface area is 150 Å². The third kappa shape index (κ3) is 4.99. The Morgan fingerprint density at radius 2 is 1.67 bits per heavy atom. The molecule has 2 atom stereocenters. The molecular formula is C22H40O2. The molecule has 3 rings (SSSR count). The molecule has 3 saturated carbocycles. The van der Waals surface area contributed by atoms with E-state index in [1.54, 1.807) is 0 Å². The summed E-state index contributed by atoms with van der Waals surface area (Å²) in [5.41, 5.74) is 1.90. The lowest BCUT2D eigenvalue weighted by Crippen LogP contribution is -2.34. The summed E-state index contributed by atoms with van der Waals surface area (Å²) in [5.74, 6) is 0. The van der Waals surface area contributed by atoms with Gasteiger partial charge in [-0.25, -0.2) is 0 Å². The largest absolute Gasteiger partial charge is 0.465 e. The zero-order valence-electron chi connectivity index (χ0n) is 16.7. The number of carbonyl (C=O) groups excluding carboxylic acids is 1. The molecule has 3 aliphatic carbocycles. The second-order valence-corrected chi connectivity index (χ2v) is 9.74. The Kier molecular flexibility index (Phi) is 6.79. The van der Waals surface area contributed by atoms with Gasteiger partial charge in [-0.2, -0.15) is 0 Å². The zero-order chi connectivity index (χ0) is 17.7. The second-order valence-electron chi connectivity index (χ2n) is 9.74. The maximum Gasteiger partial charge on any atom is 0.293 e. The fourth-order valence-electron chi connectivity index (χ4n) is 5.27. The van der Waals surface area contributed by atoms with Crippen LogP contribution >= 0.6 is 0 Å². The molecule has 2 nitrogen and oxygen atoms in total. The van der Waals surface area contributed by atoms with Crippen LogP contribution in [0.4, 0.5) is 0 Å². The fraction of sp³-hybridized carbons (Fsp3) is 0.955. The van der Waals surface area contributed by atoms with Crippen molar-refractivity contribution in [1.29, 1.82) is 0 Å². The third-order valence-corrected chi connectivity index (χ3v) is 7.48. The molecule has 0 aromatic heterocycles. The Morgan fingerprint density at radius 3 is 2.21 bits per heavy atom. The molecule has 2 unspecified atom stereocenters. The molecule has 0 aromatic carbocycles. The van der Waals surface area contributed by atoms with Crippen molar-refractivity contribution in [3.05, 3.63) is 0 Å². The molecule has 0 radical (unpaired) electrons. The first-order valence-corrected chi connectivity index (χ1v) is 10.5. The van der Waals surface area contributed by atoms with E-state index in [0.717, 1.165) is 12.8 Å². The van der Waals surface area contributed by atoms with Crippen LogP contribution in [-0.4, -0.2) is 12.6 Å². The highest BCUT2D eigenvalue weighted by Crippen LogP contribution is 2.65. The molecule has 0 aromatic rings. The SMILES string of the molecule is CCCCC1(C)CC1(C)C.O=COC1CCCC2(CCCCC2)C1. The van der Waals surface area contributed by atoms with Gasteiger partial charge in [0.2, 0.25) is 0 Å². The van der Waals surface area contributed by atoms with Gasteiger partial charge < -0.3 is 4.74 Å². The van der Waals surface area contributed by atoms with Crippen molar-refractivity contribution >= 4 is 6.47 Å². The minimum absolute atomic E-state index is 0.222. The van der Waals surface area contributed by atoms with Crippen LogP contribution < -0.4 is 0 Å². The van der Waals surface area contributed by atoms with Crippen LogP contribution in [0.2, 0.25) is 0 Å². The zero-order valence-corrected chi connectivity index (χ0v) is 16.7. The van der Waals surface area contributed by atoms with E-state index < -0.39 is 0 Å². The predicted molar refractivity (Wildman–Crippen MR) is 101 cm³/mol. The van der Waals surface area contributed by atoms with E-state index in [0.29, 0.717) is 22.7 Å². The summed E-state index contributed by atoms with van der Waals surface area (Å²) in [6.45, 7) is 10.1. The van der Waals surface area contributed by atoms with E-state index in [1.807, 2.05) is 0 Å². The Bertz CT molecular complexity index is 389. The maximum absolute atomic E-state index is 10.3. The lowest BCUT2D eigenvalue weighted by molar-refractivity contribution is -0.137. The van der Waals surface area contributed by atoms with Crippen LogP contribution in [0.5, 0.6) is 0 Å². The average molecular weight is 337 g/mol. The van der Waals surface area contributed by atoms with Crippen LogP contribution in [0.1, 0.15) is 111 Å². The van der Waals surface area contributed by atoms with Gasteiger partial charge in [0.1, 0.15) is 6.10 Å². The summed E-state index contributed by atoms with van der Waals surface area (Å²) in [7, 11) is 0. The van der Waals surface area contributed by atoms with Crippen LogP contribution in [0, 0.1) is 16.2 Å². The summed E-state index contributed by atoms with van der Waals surface area (Å²) in [5, 5.41) is 0. The topological polar surface area (TPSA) is 26.3 Å². The normalized spacial score (nSPS) is 33.2. The van der Waals surface area contributed by atoms with Gasteiger partial charge in [0, 0.05) is 0 Å². The summed E-state index contributed by atoms with van der Waals surface area (Å²) in [6.07, 6.45) is 17.6. The minimum atomic E-state index is 0.222. The van der Waals surface area contributed by atoms with Crippen molar-refractivity contribution in [3.8, 4) is 0 Å². The Hall–Kier alpha value is -0.530. The lowest BCUT2D eigenvalue weighted by atomic mass is 9.65. The highest BCUT2D eigenvalue weighted by atomic mass is 16.5. The summed E-state index contributed by atoms with van der Waals surface area (Å²) < 4.78 is 5.13. The predicted octanol–water partition coefficient (Wildman–Crippen LogP) is 6.67. The van der Waals surface area contributed by atoms with E-state index in [2.05, 4.69) is 27.7 Å². The molecular weight excluding hydrogens is 296 g/mol. The number of unbranched alkanes of at least 4 members (excludes halogenated alkanes) is 1. The fourth-order valence-corrected chi connectivity index (χ4v) is 5.27. The average Bonchev–Trinajstić information content (AvgIpc) is 3.05. The van der Waals surface area contributed by atoms with E-state index in [1.165, 1.54) is 70.6 Å². The second kappa shape index (κ2) is 8.23. The number of carbonyl (C=O) groups is 1. The van der Waals surface area contributed by atoms with Crippen LogP contribution in [0.3, 0.4) is 0 Å². The molecule has 0 amide bonds. The van der Waals surface area contributed by atoms with Gasteiger partial charge >= 0.3 is 0 Å². The van der Waals surface area contributed by atoms with Gasteiger partial charge in [-0.15, -0.1) is 0 Å². The minimum Gasteiger partial charge on any atom is -0.465 e. The van der Waals surface area contributed by atoms with Gasteiger partial charge in [0.05, 0.1) is 0 Å². The molecule has 0 heterocycles. The Morgan fingerprint density at radius 1 is 1.04 bits per heavy atom. The molecule has 0 aliphatic heterocycles. The number of ether oxygens (including phenoxy) is 1. The van der Waals surface area contributed by atoms with Crippen LogP contribution in [0.15, 0.2) is 0 Å². The highest BCUT2D eigenvalue weighted by molar-refractivity contribution is 5.37. The molecule has 2 heteroatoms. The molecule has 3 fully saturated rings. The van der Waals surface area contributed by atoms with Crippen molar-refractivity contribution in [1.82, 2.24) is 0 Å². The molecule has 0 N–H and O–H groups in total. The first-order valence-electron chi connectivity index (χ1n) is 10.5. The number of hydrogen-bond acceptors (Lipinski definition) is 2. The maximum atomic E-state index is 10.3.